The highest BCUT2D eigenvalue weighted by Gasteiger charge is 2.13. The second-order valence-corrected chi connectivity index (χ2v) is 4.91. The zero-order chi connectivity index (χ0) is 6.97. The van der Waals surface area contributed by atoms with Gasteiger partial charge in [0.1, 0.15) is 0 Å². The molecule has 0 amide bonds. The molecule has 1 aliphatic rings. The number of aromatic nitrogens is 1. The van der Waals surface area contributed by atoms with Gasteiger partial charge in [-0.3, -0.25) is 0 Å². The summed E-state index contributed by atoms with van der Waals surface area (Å²) in [6.45, 7) is 0. The van der Waals surface area contributed by atoms with E-state index in [1.165, 1.54) is 16.3 Å². The molecule has 1 aromatic heterocycles. The number of thiazole rings is 1. The van der Waals surface area contributed by atoms with Crippen molar-refractivity contribution in [2.75, 3.05) is 5.75 Å². The number of fused-ring (bicyclic) bond motifs is 1. The maximum Gasteiger partial charge on any atom is 0.184 e. The number of thioether (sulfide) groups is 1. The third-order valence-electron chi connectivity index (χ3n) is 1.47. The van der Waals surface area contributed by atoms with Gasteiger partial charge in [-0.25, -0.2) is 4.98 Å². The van der Waals surface area contributed by atoms with Crippen molar-refractivity contribution in [2.24, 2.45) is 0 Å². The average Bonchev–Trinajstić information content (AvgIpc) is 2.27. The minimum atomic E-state index is 0.701. The summed E-state index contributed by atoms with van der Waals surface area (Å²) in [5.41, 5.74) is 1.23. The molecule has 0 N–H and O–H groups in total. The van der Waals surface area contributed by atoms with Gasteiger partial charge in [-0.2, -0.15) is 11.8 Å². The van der Waals surface area contributed by atoms with Gasteiger partial charge >= 0.3 is 0 Å². The Morgan fingerprint density at radius 3 is 3.20 bits per heavy atom. The molecule has 0 unspecified atom stereocenters. The summed E-state index contributed by atoms with van der Waals surface area (Å²) >= 11 is 9.34. The van der Waals surface area contributed by atoms with Crippen LogP contribution in [-0.2, 0) is 12.2 Å². The van der Waals surface area contributed by atoms with Crippen LogP contribution < -0.4 is 0 Å². The largest absolute Gasteiger partial charge is 0.230 e. The van der Waals surface area contributed by atoms with Gasteiger partial charge in [0.15, 0.2) is 4.47 Å². The lowest BCUT2D eigenvalue weighted by molar-refractivity contribution is 1.03. The fourth-order valence-corrected chi connectivity index (χ4v) is 3.32. The highest BCUT2D eigenvalue weighted by atomic mass is 35.5. The van der Waals surface area contributed by atoms with Gasteiger partial charge in [0.2, 0.25) is 0 Å². The number of halogens is 1. The molecule has 0 atom stereocenters. The standard InChI is InChI=1S/C6H6ClNS2/c7-6-8-4-1-2-9-3-5(4)10-6/h1-3H2. The van der Waals surface area contributed by atoms with E-state index in [1.807, 2.05) is 11.8 Å². The van der Waals surface area contributed by atoms with Gasteiger partial charge in [0.05, 0.1) is 5.69 Å². The van der Waals surface area contributed by atoms with Crippen LogP contribution in [0.5, 0.6) is 0 Å². The van der Waals surface area contributed by atoms with Crippen LogP contribution in [0.1, 0.15) is 10.6 Å². The molecule has 0 fully saturated rings. The van der Waals surface area contributed by atoms with Crippen molar-refractivity contribution < 1.29 is 0 Å². The number of hydrogen-bond acceptors (Lipinski definition) is 3. The molecular weight excluding hydrogens is 186 g/mol. The van der Waals surface area contributed by atoms with E-state index in [2.05, 4.69) is 4.98 Å². The molecule has 2 rings (SSSR count). The zero-order valence-electron chi connectivity index (χ0n) is 5.26. The third-order valence-corrected chi connectivity index (χ3v) is 3.84. The number of rotatable bonds is 0. The lowest BCUT2D eigenvalue weighted by Crippen LogP contribution is -1.98. The quantitative estimate of drug-likeness (QED) is 0.625. The van der Waals surface area contributed by atoms with Gasteiger partial charge < -0.3 is 0 Å². The van der Waals surface area contributed by atoms with E-state index in [0.29, 0.717) is 4.47 Å². The predicted molar refractivity (Wildman–Crippen MR) is 47.0 cm³/mol. The first-order valence-corrected chi connectivity index (χ1v) is 5.43. The Labute approximate surface area is 72.8 Å². The van der Waals surface area contributed by atoms with Crippen molar-refractivity contribution in [1.29, 1.82) is 0 Å². The highest BCUT2D eigenvalue weighted by molar-refractivity contribution is 7.98. The minimum absolute atomic E-state index is 0.701. The summed E-state index contributed by atoms with van der Waals surface area (Å²) in [6, 6.07) is 0. The summed E-state index contributed by atoms with van der Waals surface area (Å²) < 4.78 is 0.701. The second-order valence-electron chi connectivity index (χ2n) is 2.14. The summed E-state index contributed by atoms with van der Waals surface area (Å²) in [5.74, 6) is 2.31. The Morgan fingerprint density at radius 2 is 2.40 bits per heavy atom. The van der Waals surface area contributed by atoms with E-state index in [-0.39, 0.29) is 0 Å². The monoisotopic (exact) mass is 191 g/mol. The van der Waals surface area contributed by atoms with Gasteiger partial charge in [-0.15, -0.1) is 11.3 Å². The average molecular weight is 192 g/mol. The Morgan fingerprint density at radius 1 is 1.50 bits per heavy atom. The summed E-state index contributed by atoms with van der Waals surface area (Å²) in [4.78, 5) is 5.60. The zero-order valence-corrected chi connectivity index (χ0v) is 7.65. The van der Waals surface area contributed by atoms with E-state index in [9.17, 15) is 0 Å². The molecule has 0 saturated heterocycles. The third kappa shape index (κ3) is 1.18. The van der Waals surface area contributed by atoms with Crippen molar-refractivity contribution in [2.45, 2.75) is 12.2 Å². The van der Waals surface area contributed by atoms with E-state index >= 15 is 0 Å². The molecule has 0 bridgehead atoms. The maximum atomic E-state index is 5.75. The van der Waals surface area contributed by atoms with Crippen LogP contribution >= 0.6 is 34.7 Å². The molecule has 1 aliphatic heterocycles. The van der Waals surface area contributed by atoms with Crippen molar-refractivity contribution in [3.8, 4) is 0 Å². The number of hydrogen-bond donors (Lipinski definition) is 0. The Hall–Kier alpha value is 0.270. The summed E-state index contributed by atoms with van der Waals surface area (Å²) in [6.07, 6.45) is 1.10. The highest BCUT2D eigenvalue weighted by Crippen LogP contribution is 2.31. The molecule has 2 heterocycles. The molecule has 0 radical (unpaired) electrons. The molecule has 4 heteroatoms. The molecule has 1 aromatic rings. The maximum absolute atomic E-state index is 5.75. The van der Waals surface area contributed by atoms with Crippen LogP contribution in [0, 0.1) is 0 Å². The number of nitrogens with zero attached hydrogens (tertiary/aromatic N) is 1. The van der Waals surface area contributed by atoms with Crippen molar-refractivity contribution >= 4 is 34.7 Å². The first-order chi connectivity index (χ1) is 4.86. The molecule has 10 heavy (non-hydrogen) atoms. The smallest absolute Gasteiger partial charge is 0.184 e. The molecule has 0 spiro atoms. The molecule has 0 aliphatic carbocycles. The molecule has 0 saturated carbocycles. The Kier molecular flexibility index (Phi) is 1.89. The SMILES string of the molecule is Clc1nc2c(s1)CSCC2. The van der Waals surface area contributed by atoms with Gasteiger partial charge in [-0.05, 0) is 12.2 Å². The van der Waals surface area contributed by atoms with Crippen LogP contribution in [0.15, 0.2) is 0 Å². The fourth-order valence-electron chi connectivity index (χ4n) is 0.994. The molecular formula is C6H6ClNS2. The Bertz CT molecular complexity index is 222. The first-order valence-electron chi connectivity index (χ1n) is 3.08. The van der Waals surface area contributed by atoms with Crippen LogP contribution in [-0.4, -0.2) is 10.7 Å². The van der Waals surface area contributed by atoms with Gasteiger partial charge in [-0.1, -0.05) is 11.6 Å². The summed E-state index contributed by atoms with van der Waals surface area (Å²) in [5, 5.41) is 0. The van der Waals surface area contributed by atoms with Gasteiger partial charge in [0, 0.05) is 10.6 Å². The lowest BCUT2D eigenvalue weighted by Gasteiger charge is -2.06. The normalized spacial score (nSPS) is 16.9. The van der Waals surface area contributed by atoms with Crippen molar-refractivity contribution in [3.05, 3.63) is 15.0 Å². The molecule has 0 aromatic carbocycles. The van der Waals surface area contributed by atoms with Crippen molar-refractivity contribution in [1.82, 2.24) is 4.98 Å². The minimum Gasteiger partial charge on any atom is -0.230 e. The second kappa shape index (κ2) is 2.72. The van der Waals surface area contributed by atoms with Gasteiger partial charge in [0.25, 0.3) is 0 Å². The van der Waals surface area contributed by atoms with E-state index in [0.717, 1.165) is 12.2 Å². The topological polar surface area (TPSA) is 12.9 Å². The van der Waals surface area contributed by atoms with Crippen LogP contribution in [0.3, 0.4) is 0 Å². The van der Waals surface area contributed by atoms with Crippen LogP contribution in [0.2, 0.25) is 4.47 Å². The lowest BCUT2D eigenvalue weighted by atomic mass is 10.3. The van der Waals surface area contributed by atoms with Crippen LogP contribution in [0.25, 0.3) is 0 Å². The molecule has 54 valence electrons. The number of aryl methyl sites for hydroxylation is 1. The fraction of sp³-hybridized carbons (Fsp3) is 0.500. The first kappa shape index (κ1) is 6.95. The van der Waals surface area contributed by atoms with Crippen molar-refractivity contribution in [3.63, 3.8) is 0 Å². The predicted octanol–water partition coefficient (Wildman–Crippen LogP) is 2.59. The Balaban J connectivity index is 2.41. The summed E-state index contributed by atoms with van der Waals surface area (Å²) in [7, 11) is 0. The van der Waals surface area contributed by atoms with E-state index < -0.39 is 0 Å². The van der Waals surface area contributed by atoms with Crippen LogP contribution in [0.4, 0.5) is 0 Å². The molecule has 1 nitrogen and oxygen atoms in total. The van der Waals surface area contributed by atoms with E-state index in [4.69, 9.17) is 11.6 Å². The van der Waals surface area contributed by atoms with E-state index in [1.54, 1.807) is 11.3 Å².